The lowest BCUT2D eigenvalue weighted by molar-refractivity contribution is 0.0956. The Morgan fingerprint density at radius 1 is 0.958 bits per heavy atom. The van der Waals surface area contributed by atoms with Crippen molar-refractivity contribution in [3.05, 3.63) is 77.4 Å². The van der Waals surface area contributed by atoms with Crippen molar-refractivity contribution in [2.24, 2.45) is 0 Å². The summed E-state index contributed by atoms with van der Waals surface area (Å²) in [7, 11) is 0. The topological polar surface area (TPSA) is 41.1 Å². The molecule has 0 aliphatic heterocycles. The molecule has 0 saturated heterocycles. The molecule has 0 radical (unpaired) electrons. The fourth-order valence-corrected chi connectivity index (χ4v) is 2.81. The molecule has 3 rings (SSSR count). The molecule has 0 bridgehead atoms. The first-order valence-electron chi connectivity index (χ1n) is 8.28. The highest BCUT2D eigenvalue weighted by atomic mass is 16.1. The molecule has 0 heterocycles. The molecule has 3 aromatic carbocycles. The first-order valence-corrected chi connectivity index (χ1v) is 8.28. The Kier molecular flexibility index (Phi) is 4.80. The molecule has 122 valence electrons. The summed E-state index contributed by atoms with van der Waals surface area (Å²) in [5.41, 5.74) is 4.06. The quantitative estimate of drug-likeness (QED) is 0.726. The predicted molar refractivity (Wildman–Crippen MR) is 100 cm³/mol. The summed E-state index contributed by atoms with van der Waals surface area (Å²) >= 11 is 0. The van der Waals surface area contributed by atoms with E-state index in [0.717, 1.165) is 17.8 Å². The Bertz CT molecular complexity index is 871. The average Bonchev–Trinajstić information content (AvgIpc) is 2.60. The van der Waals surface area contributed by atoms with Gasteiger partial charge in [-0.2, -0.15) is 0 Å². The summed E-state index contributed by atoms with van der Waals surface area (Å²) in [6, 6.07) is 20.6. The molecule has 1 amide bonds. The van der Waals surface area contributed by atoms with Crippen molar-refractivity contribution < 1.29 is 4.79 Å². The zero-order valence-corrected chi connectivity index (χ0v) is 14.1. The Hall–Kier alpha value is -2.81. The third kappa shape index (κ3) is 3.57. The lowest BCUT2D eigenvalue weighted by Crippen LogP contribution is -2.22. The first kappa shape index (κ1) is 16.1. The Balaban J connectivity index is 1.72. The number of rotatable bonds is 5. The number of carbonyl (C=O) groups is 1. The highest BCUT2D eigenvalue weighted by Gasteiger charge is 2.06. The van der Waals surface area contributed by atoms with Crippen LogP contribution in [0.3, 0.4) is 0 Å². The fraction of sp³-hybridized carbons (Fsp3) is 0.190. The number of nitrogens with one attached hydrogen (secondary N) is 2. The molecule has 2 N–H and O–H groups in total. The van der Waals surface area contributed by atoms with Crippen molar-refractivity contribution in [1.82, 2.24) is 5.32 Å². The van der Waals surface area contributed by atoms with Gasteiger partial charge in [0.15, 0.2) is 0 Å². The number of hydrogen-bond donors (Lipinski definition) is 2. The monoisotopic (exact) mass is 318 g/mol. The molecule has 0 saturated carbocycles. The average molecular weight is 318 g/mol. The number of fused-ring (bicyclic) bond motifs is 1. The largest absolute Gasteiger partial charge is 0.381 e. The van der Waals surface area contributed by atoms with Crippen LogP contribution in [0.15, 0.2) is 60.7 Å². The van der Waals surface area contributed by atoms with Gasteiger partial charge >= 0.3 is 0 Å². The van der Waals surface area contributed by atoms with Crippen LogP contribution in [0, 0.1) is 6.92 Å². The van der Waals surface area contributed by atoms with Gasteiger partial charge in [-0.15, -0.1) is 0 Å². The fourth-order valence-electron chi connectivity index (χ4n) is 2.81. The van der Waals surface area contributed by atoms with Crippen molar-refractivity contribution in [2.45, 2.75) is 20.4 Å². The van der Waals surface area contributed by atoms with E-state index in [-0.39, 0.29) is 5.91 Å². The van der Waals surface area contributed by atoms with E-state index >= 15 is 0 Å². The van der Waals surface area contributed by atoms with Crippen LogP contribution in [-0.4, -0.2) is 12.5 Å². The molecule has 0 unspecified atom stereocenters. The van der Waals surface area contributed by atoms with Crippen LogP contribution in [-0.2, 0) is 6.54 Å². The predicted octanol–water partition coefficient (Wildman–Crippen LogP) is 4.51. The molecule has 3 aromatic rings. The number of hydrogen-bond acceptors (Lipinski definition) is 2. The third-order valence-electron chi connectivity index (χ3n) is 4.12. The van der Waals surface area contributed by atoms with Gasteiger partial charge in [-0.1, -0.05) is 36.4 Å². The summed E-state index contributed by atoms with van der Waals surface area (Å²) in [5.74, 6) is -0.0262. The molecule has 3 heteroatoms. The van der Waals surface area contributed by atoms with Crippen LogP contribution in [0.25, 0.3) is 10.8 Å². The maximum atomic E-state index is 11.9. The molecule has 3 nitrogen and oxygen atoms in total. The Morgan fingerprint density at radius 2 is 1.75 bits per heavy atom. The van der Waals surface area contributed by atoms with Gasteiger partial charge < -0.3 is 10.6 Å². The van der Waals surface area contributed by atoms with Gasteiger partial charge in [0.2, 0.25) is 0 Å². The number of anilines is 1. The summed E-state index contributed by atoms with van der Waals surface area (Å²) < 4.78 is 0. The zero-order valence-electron chi connectivity index (χ0n) is 14.1. The van der Waals surface area contributed by atoms with Gasteiger partial charge in [0.05, 0.1) is 0 Å². The first-order chi connectivity index (χ1) is 11.7. The number of carbonyl (C=O) groups excluding carboxylic acids is 1. The summed E-state index contributed by atoms with van der Waals surface area (Å²) in [5, 5.41) is 8.79. The van der Waals surface area contributed by atoms with Crippen molar-refractivity contribution in [3.8, 4) is 0 Å². The van der Waals surface area contributed by atoms with E-state index in [1.165, 1.54) is 16.3 Å². The van der Waals surface area contributed by atoms with Gasteiger partial charge in [-0.3, -0.25) is 4.79 Å². The maximum absolute atomic E-state index is 11.9. The normalized spacial score (nSPS) is 10.6. The molecular formula is C21H22N2O. The standard InChI is InChI=1S/C21H22N2O/c1-3-22-21(24)19-10-11-20(15(2)12-19)23-14-16-8-9-17-6-4-5-7-18(17)13-16/h4-13,23H,3,14H2,1-2H3,(H,22,24). The second-order valence-electron chi connectivity index (χ2n) is 5.92. The minimum absolute atomic E-state index is 0.0262. The molecule has 0 fully saturated rings. The zero-order chi connectivity index (χ0) is 16.9. The van der Waals surface area contributed by atoms with E-state index in [1.807, 2.05) is 32.0 Å². The van der Waals surface area contributed by atoms with E-state index in [2.05, 4.69) is 53.1 Å². The van der Waals surface area contributed by atoms with E-state index in [1.54, 1.807) is 0 Å². The SMILES string of the molecule is CCNC(=O)c1ccc(NCc2ccc3ccccc3c2)c(C)c1. The van der Waals surface area contributed by atoms with Crippen molar-refractivity contribution in [1.29, 1.82) is 0 Å². The Labute approximate surface area is 142 Å². The lowest BCUT2D eigenvalue weighted by Gasteiger charge is -2.12. The number of benzene rings is 3. The maximum Gasteiger partial charge on any atom is 0.251 e. The van der Waals surface area contributed by atoms with Crippen molar-refractivity contribution >= 4 is 22.4 Å². The van der Waals surface area contributed by atoms with E-state index < -0.39 is 0 Å². The number of aryl methyl sites for hydroxylation is 1. The molecule has 0 aliphatic rings. The highest BCUT2D eigenvalue weighted by molar-refractivity contribution is 5.94. The summed E-state index contributed by atoms with van der Waals surface area (Å²) in [4.78, 5) is 11.9. The highest BCUT2D eigenvalue weighted by Crippen LogP contribution is 2.20. The van der Waals surface area contributed by atoms with Crippen molar-refractivity contribution in [2.75, 3.05) is 11.9 Å². The van der Waals surface area contributed by atoms with Crippen LogP contribution in [0.4, 0.5) is 5.69 Å². The van der Waals surface area contributed by atoms with Crippen LogP contribution >= 0.6 is 0 Å². The molecule has 0 atom stereocenters. The summed E-state index contributed by atoms with van der Waals surface area (Å²) in [6.07, 6.45) is 0. The minimum atomic E-state index is -0.0262. The third-order valence-corrected chi connectivity index (χ3v) is 4.12. The van der Waals surface area contributed by atoms with E-state index in [0.29, 0.717) is 12.1 Å². The lowest BCUT2D eigenvalue weighted by atomic mass is 10.1. The second-order valence-corrected chi connectivity index (χ2v) is 5.92. The van der Waals surface area contributed by atoms with Crippen LogP contribution in [0.2, 0.25) is 0 Å². The Morgan fingerprint density at radius 3 is 2.50 bits per heavy atom. The molecular weight excluding hydrogens is 296 g/mol. The minimum Gasteiger partial charge on any atom is -0.381 e. The van der Waals surface area contributed by atoms with Gasteiger partial charge in [0.1, 0.15) is 0 Å². The molecule has 0 aliphatic carbocycles. The van der Waals surface area contributed by atoms with Crippen LogP contribution in [0.1, 0.15) is 28.4 Å². The van der Waals surface area contributed by atoms with E-state index in [4.69, 9.17) is 0 Å². The smallest absolute Gasteiger partial charge is 0.251 e. The van der Waals surface area contributed by atoms with Gasteiger partial charge in [-0.05, 0) is 60.0 Å². The van der Waals surface area contributed by atoms with Crippen molar-refractivity contribution in [3.63, 3.8) is 0 Å². The second kappa shape index (κ2) is 7.18. The van der Waals surface area contributed by atoms with E-state index in [9.17, 15) is 4.79 Å². The van der Waals surface area contributed by atoms with Gasteiger partial charge in [0.25, 0.3) is 5.91 Å². The molecule has 0 spiro atoms. The van der Waals surface area contributed by atoms with Gasteiger partial charge in [0, 0.05) is 24.3 Å². The van der Waals surface area contributed by atoms with Gasteiger partial charge in [-0.25, -0.2) is 0 Å². The summed E-state index contributed by atoms with van der Waals surface area (Å²) in [6.45, 7) is 5.34. The van der Waals surface area contributed by atoms with Crippen LogP contribution < -0.4 is 10.6 Å². The molecule has 24 heavy (non-hydrogen) atoms. The molecule has 0 aromatic heterocycles. The number of amides is 1. The van der Waals surface area contributed by atoms with Crippen LogP contribution in [0.5, 0.6) is 0 Å².